The van der Waals surface area contributed by atoms with Crippen molar-refractivity contribution >= 4 is 62.3 Å². The van der Waals surface area contributed by atoms with E-state index in [2.05, 4.69) is 10.2 Å². The number of halogens is 2. The van der Waals surface area contributed by atoms with Crippen LogP contribution < -0.4 is 5.56 Å². The summed E-state index contributed by atoms with van der Waals surface area (Å²) >= 11 is 15.8. The van der Waals surface area contributed by atoms with E-state index in [1.54, 1.807) is 39.8 Å². The van der Waals surface area contributed by atoms with Gasteiger partial charge in [0, 0.05) is 20.7 Å². The van der Waals surface area contributed by atoms with E-state index in [9.17, 15) is 4.79 Å². The van der Waals surface area contributed by atoms with Crippen LogP contribution in [0, 0.1) is 0 Å². The van der Waals surface area contributed by atoms with Crippen LogP contribution >= 0.6 is 46.3 Å². The summed E-state index contributed by atoms with van der Waals surface area (Å²) in [7, 11) is 0. The highest BCUT2D eigenvalue weighted by atomic mass is 35.5. The van der Waals surface area contributed by atoms with Gasteiger partial charge in [0.05, 0.1) is 11.1 Å². The molecule has 9 heteroatoms. The van der Waals surface area contributed by atoms with E-state index >= 15 is 0 Å². The standard InChI is InChI=1S/C24H18Cl2N4OS2/c25-15-9-11-16(12-10-15)29-21(31)20-17-6-2-4-8-19(17)33-22(20)30-23(29)27-28-24(30)32-13-14-5-1-3-7-18(14)26/h1,3,5,7,9-12H,2,4,6,8,13H2. The molecule has 166 valence electrons. The van der Waals surface area contributed by atoms with E-state index in [1.807, 2.05) is 40.8 Å². The molecule has 0 bridgehead atoms. The highest BCUT2D eigenvalue weighted by Gasteiger charge is 2.25. The molecule has 0 radical (unpaired) electrons. The van der Waals surface area contributed by atoms with Gasteiger partial charge >= 0.3 is 0 Å². The molecule has 5 aromatic rings. The maximum Gasteiger partial charge on any atom is 0.268 e. The summed E-state index contributed by atoms with van der Waals surface area (Å²) in [6.45, 7) is 0. The van der Waals surface area contributed by atoms with Gasteiger partial charge < -0.3 is 0 Å². The minimum Gasteiger partial charge on any atom is -0.268 e. The Kier molecular flexibility index (Phi) is 5.45. The topological polar surface area (TPSA) is 52.2 Å². The number of benzene rings is 2. The lowest BCUT2D eigenvalue weighted by molar-refractivity contribution is 0.699. The Labute approximate surface area is 208 Å². The fourth-order valence-electron chi connectivity index (χ4n) is 4.39. The van der Waals surface area contributed by atoms with Crippen molar-refractivity contribution in [2.45, 2.75) is 36.6 Å². The number of aryl methyl sites for hydroxylation is 2. The van der Waals surface area contributed by atoms with Crippen molar-refractivity contribution in [2.75, 3.05) is 0 Å². The van der Waals surface area contributed by atoms with Gasteiger partial charge in [-0.15, -0.1) is 21.5 Å². The summed E-state index contributed by atoms with van der Waals surface area (Å²) in [5, 5.41) is 11.8. The molecule has 0 saturated carbocycles. The molecular weight excluding hydrogens is 495 g/mol. The monoisotopic (exact) mass is 512 g/mol. The van der Waals surface area contributed by atoms with Gasteiger partial charge in [-0.1, -0.05) is 53.2 Å². The molecule has 5 nitrogen and oxygen atoms in total. The first-order valence-electron chi connectivity index (χ1n) is 10.7. The van der Waals surface area contributed by atoms with E-state index in [-0.39, 0.29) is 5.56 Å². The van der Waals surface area contributed by atoms with E-state index in [0.717, 1.165) is 57.3 Å². The van der Waals surface area contributed by atoms with Crippen LogP contribution in [-0.2, 0) is 18.6 Å². The zero-order chi connectivity index (χ0) is 22.5. The summed E-state index contributed by atoms with van der Waals surface area (Å²) in [6.07, 6.45) is 4.21. The number of hydrogen-bond acceptors (Lipinski definition) is 5. The lowest BCUT2D eigenvalue weighted by Crippen LogP contribution is -2.22. The van der Waals surface area contributed by atoms with E-state index in [0.29, 0.717) is 16.6 Å². The van der Waals surface area contributed by atoms with Gasteiger partial charge in [-0.3, -0.25) is 4.79 Å². The molecule has 0 amide bonds. The fourth-order valence-corrected chi connectivity index (χ4v) is 7.17. The molecule has 0 atom stereocenters. The number of aromatic nitrogens is 4. The van der Waals surface area contributed by atoms with Gasteiger partial charge in [-0.25, -0.2) is 8.97 Å². The molecular formula is C24H18Cl2N4OS2. The fraction of sp³-hybridized carbons (Fsp3) is 0.208. The first-order valence-corrected chi connectivity index (χ1v) is 13.2. The Bertz CT molecular complexity index is 1570. The molecule has 0 N–H and O–H groups in total. The first kappa shape index (κ1) is 21.2. The second-order valence-corrected chi connectivity index (χ2v) is 10.9. The Balaban J connectivity index is 1.60. The third-order valence-electron chi connectivity index (χ3n) is 5.99. The molecule has 0 aliphatic heterocycles. The SMILES string of the molecule is O=c1c2c3c(sc2n2c(SCc4ccccc4Cl)nnc2n1-c1ccc(Cl)cc1)CCCC3. The molecule has 1 aliphatic rings. The van der Waals surface area contributed by atoms with Gasteiger partial charge in [0.15, 0.2) is 5.16 Å². The van der Waals surface area contributed by atoms with E-state index in [1.165, 1.54) is 10.4 Å². The van der Waals surface area contributed by atoms with E-state index in [4.69, 9.17) is 23.2 Å². The summed E-state index contributed by atoms with van der Waals surface area (Å²) in [4.78, 5) is 16.1. The van der Waals surface area contributed by atoms with Gasteiger partial charge in [-0.05, 0) is 67.1 Å². The maximum atomic E-state index is 13.8. The quantitative estimate of drug-likeness (QED) is 0.255. The summed E-state index contributed by atoms with van der Waals surface area (Å²) in [6, 6.07) is 15.1. The van der Waals surface area contributed by atoms with Crippen molar-refractivity contribution in [1.82, 2.24) is 19.2 Å². The molecule has 0 saturated heterocycles. The number of thioether (sulfide) groups is 1. The van der Waals surface area contributed by atoms with Crippen LogP contribution in [0.2, 0.25) is 10.0 Å². The largest absolute Gasteiger partial charge is 0.268 e. The minimum atomic E-state index is -0.0470. The molecule has 6 rings (SSSR count). The molecule has 2 aromatic carbocycles. The third-order valence-corrected chi connectivity index (χ3v) is 8.86. The Morgan fingerprint density at radius 3 is 2.61 bits per heavy atom. The molecule has 3 heterocycles. The second-order valence-electron chi connectivity index (χ2n) is 8.01. The third kappa shape index (κ3) is 3.58. The minimum absolute atomic E-state index is 0.0470. The van der Waals surface area contributed by atoms with Gasteiger partial charge in [0.25, 0.3) is 5.56 Å². The van der Waals surface area contributed by atoms with Crippen molar-refractivity contribution in [3.63, 3.8) is 0 Å². The molecule has 1 aliphatic carbocycles. The van der Waals surface area contributed by atoms with Crippen molar-refractivity contribution in [3.05, 3.63) is 84.9 Å². The zero-order valence-electron chi connectivity index (χ0n) is 17.4. The maximum absolute atomic E-state index is 13.8. The molecule has 0 spiro atoms. The highest BCUT2D eigenvalue weighted by molar-refractivity contribution is 7.98. The second kappa shape index (κ2) is 8.47. The Morgan fingerprint density at radius 1 is 1.00 bits per heavy atom. The highest BCUT2D eigenvalue weighted by Crippen LogP contribution is 2.37. The Hall–Kier alpha value is -2.32. The molecule has 3 aromatic heterocycles. The lowest BCUT2D eigenvalue weighted by Gasteiger charge is -2.12. The average molecular weight is 513 g/mol. The predicted molar refractivity (Wildman–Crippen MR) is 137 cm³/mol. The molecule has 0 fully saturated rings. The smallest absolute Gasteiger partial charge is 0.268 e. The van der Waals surface area contributed by atoms with Crippen LogP contribution in [0.5, 0.6) is 0 Å². The van der Waals surface area contributed by atoms with Gasteiger partial charge in [-0.2, -0.15) is 0 Å². The number of thiophene rings is 1. The van der Waals surface area contributed by atoms with Crippen LogP contribution in [0.3, 0.4) is 0 Å². The van der Waals surface area contributed by atoms with Crippen LogP contribution in [0.4, 0.5) is 0 Å². The van der Waals surface area contributed by atoms with Crippen molar-refractivity contribution < 1.29 is 0 Å². The van der Waals surface area contributed by atoms with Crippen LogP contribution in [0.15, 0.2) is 58.5 Å². The van der Waals surface area contributed by atoms with E-state index < -0.39 is 0 Å². The summed E-state index contributed by atoms with van der Waals surface area (Å²) < 4.78 is 3.70. The van der Waals surface area contributed by atoms with Crippen LogP contribution in [0.25, 0.3) is 21.7 Å². The van der Waals surface area contributed by atoms with Crippen LogP contribution in [0.1, 0.15) is 28.8 Å². The Morgan fingerprint density at radius 2 is 1.79 bits per heavy atom. The van der Waals surface area contributed by atoms with Crippen molar-refractivity contribution in [1.29, 1.82) is 0 Å². The number of nitrogens with zero attached hydrogens (tertiary/aromatic N) is 4. The lowest BCUT2D eigenvalue weighted by atomic mass is 9.97. The number of rotatable bonds is 4. The van der Waals surface area contributed by atoms with Crippen molar-refractivity contribution in [2.24, 2.45) is 0 Å². The predicted octanol–water partition coefficient (Wildman–Crippen LogP) is 6.57. The van der Waals surface area contributed by atoms with Crippen molar-refractivity contribution in [3.8, 4) is 5.69 Å². The average Bonchev–Trinajstić information content (AvgIpc) is 3.41. The normalized spacial score (nSPS) is 13.6. The summed E-state index contributed by atoms with van der Waals surface area (Å²) in [5.74, 6) is 1.17. The van der Waals surface area contributed by atoms with Gasteiger partial charge in [0.1, 0.15) is 4.83 Å². The number of hydrogen-bond donors (Lipinski definition) is 0. The first-order chi connectivity index (χ1) is 16.1. The zero-order valence-corrected chi connectivity index (χ0v) is 20.6. The van der Waals surface area contributed by atoms with Gasteiger partial charge in [0.2, 0.25) is 5.78 Å². The summed E-state index contributed by atoms with van der Waals surface area (Å²) in [5.41, 5.74) is 2.90. The molecule has 0 unspecified atom stereocenters. The number of fused-ring (bicyclic) bond motifs is 5. The van der Waals surface area contributed by atoms with Crippen LogP contribution in [-0.4, -0.2) is 19.2 Å². The molecule has 33 heavy (non-hydrogen) atoms.